The van der Waals surface area contributed by atoms with E-state index in [0.29, 0.717) is 11.1 Å². The van der Waals surface area contributed by atoms with E-state index in [4.69, 9.17) is 0 Å². The van der Waals surface area contributed by atoms with Crippen LogP contribution in [0.15, 0.2) is 42.5 Å². The lowest BCUT2D eigenvalue weighted by molar-refractivity contribution is -0.274. The molecule has 1 N–H and O–H groups in total. The molecule has 146 valence electrons. The number of aryl methyl sites for hydroxylation is 1. The van der Waals surface area contributed by atoms with Crippen LogP contribution in [0.1, 0.15) is 40.0 Å². The van der Waals surface area contributed by atoms with E-state index in [1.54, 1.807) is 18.2 Å². The number of alkyl halides is 3. The van der Waals surface area contributed by atoms with Gasteiger partial charge in [-0.05, 0) is 55.0 Å². The zero-order valence-electron chi connectivity index (χ0n) is 14.9. The second-order valence-corrected chi connectivity index (χ2v) is 6.92. The van der Waals surface area contributed by atoms with Crippen molar-refractivity contribution in [2.24, 2.45) is 0 Å². The fourth-order valence-corrected chi connectivity index (χ4v) is 4.06. The number of carboxylic acid groups (broad SMARTS) is 1. The molecule has 0 bridgehead atoms. The normalized spacial score (nSPS) is 14.1. The van der Waals surface area contributed by atoms with Crippen LogP contribution in [-0.2, 0) is 19.4 Å². The predicted molar refractivity (Wildman–Crippen MR) is 97.8 cm³/mol. The van der Waals surface area contributed by atoms with Gasteiger partial charge < -0.3 is 14.4 Å². The van der Waals surface area contributed by atoms with Gasteiger partial charge in [0.25, 0.3) is 0 Å². The molecule has 0 aliphatic heterocycles. The fourth-order valence-electron chi connectivity index (χ4n) is 4.06. The number of aromatic carboxylic acids is 1. The van der Waals surface area contributed by atoms with Crippen molar-refractivity contribution in [3.05, 3.63) is 64.8 Å². The summed E-state index contributed by atoms with van der Waals surface area (Å²) >= 11 is 0. The largest absolute Gasteiger partial charge is 0.573 e. The van der Waals surface area contributed by atoms with Crippen LogP contribution < -0.4 is 4.74 Å². The van der Waals surface area contributed by atoms with Crippen molar-refractivity contribution in [3.63, 3.8) is 0 Å². The number of aromatic nitrogens is 1. The molecule has 0 saturated carbocycles. The standard InChI is InChI=1S/C21H18F3NO3/c22-21(23,24)28-14-6-3-5-13(11-14)12-25-18-10-2-1-7-15(18)16-8-4-9-17(19(16)25)20(26)27/h3-6,8-9,11H,1-2,7,10,12H2,(H,26,27). The first-order valence-electron chi connectivity index (χ1n) is 9.04. The van der Waals surface area contributed by atoms with Crippen LogP contribution in [0.3, 0.4) is 0 Å². The van der Waals surface area contributed by atoms with Gasteiger partial charge in [-0.2, -0.15) is 0 Å². The highest BCUT2D eigenvalue weighted by Gasteiger charge is 2.31. The first-order valence-corrected chi connectivity index (χ1v) is 9.04. The molecule has 1 aliphatic rings. The number of hydrogen-bond acceptors (Lipinski definition) is 2. The number of carboxylic acids is 1. The molecule has 0 unspecified atom stereocenters. The van der Waals surface area contributed by atoms with Gasteiger partial charge in [0.15, 0.2) is 0 Å². The summed E-state index contributed by atoms with van der Waals surface area (Å²) in [7, 11) is 0. The van der Waals surface area contributed by atoms with Crippen LogP contribution in [0.5, 0.6) is 5.75 Å². The zero-order valence-corrected chi connectivity index (χ0v) is 14.9. The van der Waals surface area contributed by atoms with E-state index in [0.717, 1.165) is 42.3 Å². The number of ether oxygens (including phenoxy) is 1. The zero-order chi connectivity index (χ0) is 19.9. The van der Waals surface area contributed by atoms with E-state index in [1.807, 2.05) is 10.6 Å². The summed E-state index contributed by atoms with van der Waals surface area (Å²) in [6.45, 7) is 0.283. The Balaban J connectivity index is 1.83. The molecule has 1 aromatic heterocycles. The van der Waals surface area contributed by atoms with Crippen molar-refractivity contribution in [2.45, 2.75) is 38.6 Å². The molecule has 0 atom stereocenters. The smallest absolute Gasteiger partial charge is 0.478 e. The SMILES string of the molecule is O=C(O)c1cccc2c3c(n(Cc4cccc(OC(F)(F)F)c4)c12)CCCC3. The summed E-state index contributed by atoms with van der Waals surface area (Å²) in [6.07, 6.45) is -1.02. The van der Waals surface area contributed by atoms with Gasteiger partial charge in [-0.25, -0.2) is 4.79 Å². The summed E-state index contributed by atoms with van der Waals surface area (Å²) in [5.74, 6) is -1.30. The van der Waals surface area contributed by atoms with Crippen molar-refractivity contribution in [3.8, 4) is 5.75 Å². The van der Waals surface area contributed by atoms with Gasteiger partial charge in [-0.3, -0.25) is 0 Å². The monoisotopic (exact) mass is 389 g/mol. The number of nitrogens with zero attached hydrogens (tertiary/aromatic N) is 1. The number of rotatable bonds is 4. The molecule has 28 heavy (non-hydrogen) atoms. The summed E-state index contributed by atoms with van der Waals surface area (Å²) < 4.78 is 43.6. The van der Waals surface area contributed by atoms with Crippen LogP contribution in [-0.4, -0.2) is 22.0 Å². The minimum Gasteiger partial charge on any atom is -0.478 e. The average molecular weight is 389 g/mol. The molecule has 0 spiro atoms. The Morgan fingerprint density at radius 2 is 1.86 bits per heavy atom. The van der Waals surface area contributed by atoms with E-state index < -0.39 is 12.3 Å². The molecule has 0 radical (unpaired) electrons. The Morgan fingerprint density at radius 3 is 2.61 bits per heavy atom. The van der Waals surface area contributed by atoms with Crippen molar-refractivity contribution in [1.29, 1.82) is 0 Å². The average Bonchev–Trinajstić information content (AvgIpc) is 2.95. The maximum absolute atomic E-state index is 12.5. The van der Waals surface area contributed by atoms with E-state index in [1.165, 1.54) is 18.2 Å². The minimum absolute atomic E-state index is 0.203. The third-order valence-corrected chi connectivity index (χ3v) is 5.10. The first kappa shape index (κ1) is 18.4. The molecule has 3 aromatic rings. The van der Waals surface area contributed by atoms with Crippen molar-refractivity contribution >= 4 is 16.9 Å². The lowest BCUT2D eigenvalue weighted by Crippen LogP contribution is -2.17. The summed E-state index contributed by atoms with van der Waals surface area (Å²) in [4.78, 5) is 11.8. The Bertz CT molecular complexity index is 1050. The van der Waals surface area contributed by atoms with Crippen LogP contribution >= 0.6 is 0 Å². The highest BCUT2D eigenvalue weighted by molar-refractivity contribution is 6.04. The molecular weight excluding hydrogens is 371 g/mol. The fraction of sp³-hybridized carbons (Fsp3) is 0.286. The third kappa shape index (κ3) is 3.44. The number of para-hydroxylation sites is 1. The second-order valence-electron chi connectivity index (χ2n) is 6.92. The van der Waals surface area contributed by atoms with E-state index in [2.05, 4.69) is 4.74 Å². The van der Waals surface area contributed by atoms with Gasteiger partial charge in [-0.1, -0.05) is 24.3 Å². The summed E-state index contributed by atoms with van der Waals surface area (Å²) in [5, 5.41) is 10.6. The Kier molecular flexibility index (Phi) is 4.53. The quantitative estimate of drug-likeness (QED) is 0.670. The van der Waals surface area contributed by atoms with Crippen LogP contribution in [0, 0.1) is 0 Å². The maximum Gasteiger partial charge on any atom is 0.573 e. The molecule has 4 nitrogen and oxygen atoms in total. The van der Waals surface area contributed by atoms with Gasteiger partial charge in [0.2, 0.25) is 0 Å². The number of fused-ring (bicyclic) bond motifs is 3. The van der Waals surface area contributed by atoms with Crippen molar-refractivity contribution in [1.82, 2.24) is 4.57 Å². The third-order valence-electron chi connectivity index (χ3n) is 5.10. The molecule has 0 fully saturated rings. The van der Waals surface area contributed by atoms with Gasteiger partial charge in [0.05, 0.1) is 11.1 Å². The molecule has 0 saturated heterocycles. The van der Waals surface area contributed by atoms with Gasteiger partial charge in [0, 0.05) is 17.6 Å². The molecule has 0 amide bonds. The molecule has 1 aliphatic carbocycles. The second kappa shape index (κ2) is 6.89. The van der Waals surface area contributed by atoms with Gasteiger partial charge in [0.1, 0.15) is 5.75 Å². The topological polar surface area (TPSA) is 51.5 Å². The van der Waals surface area contributed by atoms with Crippen LogP contribution in [0.4, 0.5) is 13.2 Å². The van der Waals surface area contributed by atoms with E-state index in [-0.39, 0.29) is 17.9 Å². The van der Waals surface area contributed by atoms with E-state index in [9.17, 15) is 23.1 Å². The van der Waals surface area contributed by atoms with E-state index >= 15 is 0 Å². The lowest BCUT2D eigenvalue weighted by atomic mass is 9.95. The molecule has 1 heterocycles. The lowest BCUT2D eigenvalue weighted by Gasteiger charge is -2.17. The maximum atomic E-state index is 12.5. The number of halogens is 3. The Morgan fingerprint density at radius 1 is 1.11 bits per heavy atom. The number of benzene rings is 2. The molecular formula is C21H18F3NO3. The van der Waals surface area contributed by atoms with Crippen molar-refractivity contribution in [2.75, 3.05) is 0 Å². The number of carbonyl (C=O) groups is 1. The van der Waals surface area contributed by atoms with Crippen molar-refractivity contribution < 1.29 is 27.8 Å². The molecule has 2 aromatic carbocycles. The summed E-state index contributed by atoms with van der Waals surface area (Å²) in [5.41, 5.74) is 3.66. The first-order chi connectivity index (χ1) is 13.3. The number of hydrogen-bond donors (Lipinski definition) is 1. The molecule has 4 rings (SSSR count). The molecule has 7 heteroatoms. The Labute approximate surface area is 159 Å². The highest BCUT2D eigenvalue weighted by Crippen LogP contribution is 2.35. The highest BCUT2D eigenvalue weighted by atomic mass is 19.4. The predicted octanol–water partition coefficient (Wildman–Crippen LogP) is 5.17. The van der Waals surface area contributed by atoms with Crippen LogP contribution in [0.2, 0.25) is 0 Å². The van der Waals surface area contributed by atoms with Crippen LogP contribution in [0.25, 0.3) is 10.9 Å². The summed E-state index contributed by atoms with van der Waals surface area (Å²) in [6, 6.07) is 11.0. The Hall–Kier alpha value is -2.96. The van der Waals surface area contributed by atoms with Gasteiger partial charge in [-0.15, -0.1) is 13.2 Å². The van der Waals surface area contributed by atoms with Gasteiger partial charge >= 0.3 is 12.3 Å². The minimum atomic E-state index is -4.76.